The molecule has 0 aromatic rings. The molecule has 0 spiro atoms. The summed E-state index contributed by atoms with van der Waals surface area (Å²) in [7, 11) is 0. The van der Waals surface area contributed by atoms with Crippen LogP contribution in [0.1, 0.15) is 40.0 Å². The summed E-state index contributed by atoms with van der Waals surface area (Å²) < 4.78 is 0. The van der Waals surface area contributed by atoms with Crippen molar-refractivity contribution < 1.29 is 4.79 Å². The predicted octanol–water partition coefficient (Wildman–Crippen LogP) is 0.961. The summed E-state index contributed by atoms with van der Waals surface area (Å²) in [6, 6.07) is 0.791. The van der Waals surface area contributed by atoms with Crippen molar-refractivity contribution in [2.75, 3.05) is 19.6 Å². The third kappa shape index (κ3) is 2.50. The Balaban J connectivity index is 1.58. The van der Waals surface area contributed by atoms with E-state index in [1.807, 2.05) is 0 Å². The number of amides is 1. The van der Waals surface area contributed by atoms with E-state index < -0.39 is 0 Å². The molecule has 3 aliphatic rings. The molecule has 20 heavy (non-hydrogen) atoms. The summed E-state index contributed by atoms with van der Waals surface area (Å²) in [6.45, 7) is 9.42. The van der Waals surface area contributed by atoms with Gasteiger partial charge >= 0.3 is 0 Å². The number of guanidine groups is 1. The summed E-state index contributed by atoms with van der Waals surface area (Å²) in [5, 5.41) is 6.55. The van der Waals surface area contributed by atoms with Gasteiger partial charge in [0.25, 0.3) is 0 Å². The topological polar surface area (TPSA) is 56.7 Å². The molecule has 2 saturated heterocycles. The Morgan fingerprint density at radius 3 is 2.95 bits per heavy atom. The lowest BCUT2D eigenvalue weighted by atomic mass is 9.85. The molecule has 3 atom stereocenters. The number of rotatable bonds is 2. The van der Waals surface area contributed by atoms with Gasteiger partial charge in [-0.25, -0.2) is 0 Å². The van der Waals surface area contributed by atoms with Gasteiger partial charge in [-0.1, -0.05) is 20.8 Å². The standard InChI is InChI=1S/C15H26N4O/c1-10-4-5-11-7-16-14(19(11)9-10)17-8-12-15(2,3)6-13(20)18-12/h10-12H,4-9H2,1-3H3,(H,16,17)(H,18,20). The molecule has 2 N–H and O–H groups in total. The highest BCUT2D eigenvalue weighted by atomic mass is 16.2. The van der Waals surface area contributed by atoms with E-state index in [0.29, 0.717) is 12.5 Å². The van der Waals surface area contributed by atoms with Crippen molar-refractivity contribution in [1.82, 2.24) is 15.5 Å². The zero-order valence-corrected chi connectivity index (χ0v) is 12.8. The SMILES string of the molecule is CC1CCC2CN=C(NCC3NC(=O)CC3(C)C)N2C1. The fraction of sp³-hybridized carbons (Fsp3) is 0.867. The Morgan fingerprint density at radius 1 is 1.45 bits per heavy atom. The Morgan fingerprint density at radius 2 is 2.25 bits per heavy atom. The minimum Gasteiger partial charge on any atom is -0.354 e. The van der Waals surface area contributed by atoms with Crippen LogP contribution in [0.4, 0.5) is 0 Å². The van der Waals surface area contributed by atoms with Crippen molar-refractivity contribution in [3.05, 3.63) is 0 Å². The Labute approximate surface area is 121 Å². The van der Waals surface area contributed by atoms with Crippen molar-refractivity contribution in [3.8, 4) is 0 Å². The van der Waals surface area contributed by atoms with Crippen LogP contribution in [0.25, 0.3) is 0 Å². The zero-order valence-electron chi connectivity index (χ0n) is 12.8. The van der Waals surface area contributed by atoms with Gasteiger partial charge in [0, 0.05) is 19.5 Å². The molecule has 0 bridgehead atoms. The second-order valence-electron chi connectivity index (χ2n) is 7.32. The van der Waals surface area contributed by atoms with Gasteiger partial charge in [0.2, 0.25) is 5.91 Å². The quantitative estimate of drug-likeness (QED) is 0.791. The van der Waals surface area contributed by atoms with E-state index in [2.05, 4.69) is 41.3 Å². The van der Waals surface area contributed by atoms with E-state index in [1.165, 1.54) is 12.8 Å². The van der Waals surface area contributed by atoms with Gasteiger partial charge in [-0.3, -0.25) is 9.79 Å². The van der Waals surface area contributed by atoms with Crippen LogP contribution in [-0.4, -0.2) is 48.5 Å². The molecule has 0 aromatic carbocycles. The molecule has 3 rings (SSSR count). The number of fused-ring (bicyclic) bond motifs is 1. The minimum absolute atomic E-state index is 0.0256. The number of carbonyl (C=O) groups is 1. The molecule has 3 unspecified atom stereocenters. The van der Waals surface area contributed by atoms with Crippen molar-refractivity contribution in [3.63, 3.8) is 0 Å². The van der Waals surface area contributed by atoms with Gasteiger partial charge in [0.1, 0.15) is 0 Å². The number of hydrogen-bond acceptors (Lipinski definition) is 4. The number of nitrogens with one attached hydrogen (secondary N) is 2. The highest BCUT2D eigenvalue weighted by Crippen LogP contribution is 2.30. The van der Waals surface area contributed by atoms with Crippen LogP contribution in [0.2, 0.25) is 0 Å². The van der Waals surface area contributed by atoms with E-state index in [-0.39, 0.29) is 17.4 Å². The van der Waals surface area contributed by atoms with E-state index in [0.717, 1.165) is 31.5 Å². The fourth-order valence-electron chi connectivity index (χ4n) is 3.60. The average molecular weight is 278 g/mol. The number of nitrogens with zero attached hydrogens (tertiary/aromatic N) is 2. The Hall–Kier alpha value is -1.26. The molecule has 0 aromatic heterocycles. The third-order valence-electron chi connectivity index (χ3n) is 5.02. The van der Waals surface area contributed by atoms with E-state index >= 15 is 0 Å². The maximum absolute atomic E-state index is 11.6. The van der Waals surface area contributed by atoms with Gasteiger partial charge in [-0.15, -0.1) is 0 Å². The lowest BCUT2D eigenvalue weighted by Crippen LogP contribution is -2.51. The maximum Gasteiger partial charge on any atom is 0.220 e. The van der Waals surface area contributed by atoms with Crippen molar-refractivity contribution >= 4 is 11.9 Å². The smallest absolute Gasteiger partial charge is 0.220 e. The fourth-order valence-corrected chi connectivity index (χ4v) is 3.60. The minimum atomic E-state index is 0.0256. The number of piperidine rings is 1. The normalized spacial score (nSPS) is 35.5. The van der Waals surface area contributed by atoms with Gasteiger partial charge in [0.15, 0.2) is 5.96 Å². The average Bonchev–Trinajstić information content (AvgIpc) is 2.86. The summed E-state index contributed by atoms with van der Waals surface area (Å²) in [4.78, 5) is 18.6. The lowest BCUT2D eigenvalue weighted by molar-refractivity contribution is -0.119. The summed E-state index contributed by atoms with van der Waals surface area (Å²) in [6.07, 6.45) is 3.19. The Bertz CT molecular complexity index is 432. The third-order valence-corrected chi connectivity index (χ3v) is 5.02. The number of carbonyl (C=O) groups excluding carboxylic acids is 1. The Kier molecular flexibility index (Phi) is 3.38. The summed E-state index contributed by atoms with van der Waals surface area (Å²) in [5.41, 5.74) is 0.0256. The van der Waals surface area contributed by atoms with Crippen molar-refractivity contribution in [1.29, 1.82) is 0 Å². The van der Waals surface area contributed by atoms with Crippen LogP contribution in [0.15, 0.2) is 4.99 Å². The molecule has 5 heteroatoms. The molecule has 3 aliphatic heterocycles. The van der Waals surface area contributed by atoms with E-state index in [1.54, 1.807) is 0 Å². The second kappa shape index (κ2) is 4.93. The molecular formula is C15H26N4O. The maximum atomic E-state index is 11.6. The van der Waals surface area contributed by atoms with Crippen LogP contribution in [0, 0.1) is 11.3 Å². The molecular weight excluding hydrogens is 252 g/mol. The zero-order chi connectivity index (χ0) is 14.3. The molecule has 1 amide bonds. The highest BCUT2D eigenvalue weighted by Gasteiger charge is 2.40. The van der Waals surface area contributed by atoms with Gasteiger partial charge in [0.05, 0.1) is 18.6 Å². The molecule has 0 saturated carbocycles. The van der Waals surface area contributed by atoms with Gasteiger partial charge in [-0.2, -0.15) is 0 Å². The first kappa shape index (κ1) is 13.7. The molecule has 2 fully saturated rings. The van der Waals surface area contributed by atoms with Gasteiger partial charge < -0.3 is 15.5 Å². The number of aliphatic imine (C=N–C) groups is 1. The lowest BCUT2D eigenvalue weighted by Gasteiger charge is -2.36. The first-order valence-electron chi connectivity index (χ1n) is 7.80. The van der Waals surface area contributed by atoms with Gasteiger partial charge in [-0.05, 0) is 24.2 Å². The molecule has 5 nitrogen and oxygen atoms in total. The largest absolute Gasteiger partial charge is 0.354 e. The van der Waals surface area contributed by atoms with Crippen LogP contribution < -0.4 is 10.6 Å². The van der Waals surface area contributed by atoms with Crippen LogP contribution in [0.3, 0.4) is 0 Å². The molecule has 3 heterocycles. The first-order valence-corrected chi connectivity index (χ1v) is 7.80. The molecule has 112 valence electrons. The second-order valence-corrected chi connectivity index (χ2v) is 7.32. The molecule has 0 radical (unpaired) electrons. The van der Waals surface area contributed by atoms with Crippen molar-refractivity contribution in [2.45, 2.75) is 52.1 Å². The monoisotopic (exact) mass is 278 g/mol. The van der Waals surface area contributed by atoms with Crippen LogP contribution in [-0.2, 0) is 4.79 Å². The predicted molar refractivity (Wildman–Crippen MR) is 79.5 cm³/mol. The first-order chi connectivity index (χ1) is 9.45. The van der Waals surface area contributed by atoms with E-state index in [9.17, 15) is 4.79 Å². The molecule has 0 aliphatic carbocycles. The summed E-state index contributed by atoms with van der Waals surface area (Å²) in [5.74, 6) is 1.96. The van der Waals surface area contributed by atoms with E-state index in [4.69, 9.17) is 0 Å². The van der Waals surface area contributed by atoms with Crippen LogP contribution in [0.5, 0.6) is 0 Å². The summed E-state index contributed by atoms with van der Waals surface area (Å²) >= 11 is 0. The van der Waals surface area contributed by atoms with Crippen LogP contribution >= 0.6 is 0 Å². The highest BCUT2D eigenvalue weighted by molar-refractivity contribution is 5.83. The van der Waals surface area contributed by atoms with Crippen molar-refractivity contribution in [2.24, 2.45) is 16.3 Å². The number of hydrogen-bond donors (Lipinski definition) is 2.